The van der Waals surface area contributed by atoms with Crippen LogP contribution in [0.15, 0.2) is 35.1 Å². The molecule has 1 aromatic heterocycles. The molecule has 158 valence electrons. The summed E-state index contributed by atoms with van der Waals surface area (Å²) in [5.41, 5.74) is -0.167. The topological polar surface area (TPSA) is 86.4 Å². The largest absolute Gasteiger partial charge is 0.497 e. The van der Waals surface area contributed by atoms with Gasteiger partial charge in [-0.25, -0.2) is 26.9 Å². The Morgan fingerprint density at radius 1 is 1.20 bits per heavy atom. The van der Waals surface area contributed by atoms with Gasteiger partial charge in [0.05, 0.1) is 35.8 Å². The first-order valence-corrected chi connectivity index (χ1v) is 11.0. The zero-order valence-electron chi connectivity index (χ0n) is 15.8. The van der Waals surface area contributed by atoms with E-state index in [2.05, 4.69) is 5.10 Å². The second-order valence-corrected chi connectivity index (χ2v) is 9.28. The van der Waals surface area contributed by atoms with E-state index in [9.17, 15) is 17.6 Å². The van der Waals surface area contributed by atoms with E-state index in [0.717, 1.165) is 19.6 Å². The van der Waals surface area contributed by atoms with Crippen LogP contribution in [0.5, 0.6) is 5.75 Å². The second-order valence-electron chi connectivity index (χ2n) is 6.64. The zero-order valence-corrected chi connectivity index (χ0v) is 18.1. The van der Waals surface area contributed by atoms with Crippen LogP contribution in [0.3, 0.4) is 0 Å². The third kappa shape index (κ3) is 3.24. The van der Waals surface area contributed by atoms with Crippen LogP contribution in [0.25, 0.3) is 5.69 Å². The molecule has 2 aromatic carbocycles. The number of methoxy groups -OCH3 is 1. The zero-order chi connectivity index (χ0) is 21.8. The molecule has 30 heavy (non-hydrogen) atoms. The number of anilines is 1. The van der Waals surface area contributed by atoms with Gasteiger partial charge >= 0.3 is 5.69 Å². The number of rotatable bonds is 4. The maximum absolute atomic E-state index is 14.9. The number of hydrogen-bond acceptors (Lipinski definition) is 5. The van der Waals surface area contributed by atoms with Crippen molar-refractivity contribution in [3.63, 3.8) is 0 Å². The van der Waals surface area contributed by atoms with E-state index < -0.39 is 27.3 Å². The van der Waals surface area contributed by atoms with E-state index in [4.69, 9.17) is 27.9 Å². The average Bonchev–Trinajstić information content (AvgIpc) is 3.09. The fourth-order valence-corrected chi connectivity index (χ4v) is 5.65. The molecular formula is C18H15Cl2FN4O4S. The summed E-state index contributed by atoms with van der Waals surface area (Å²) in [7, 11) is -1.01. The van der Waals surface area contributed by atoms with Gasteiger partial charge in [-0.2, -0.15) is 0 Å². The number of benzene rings is 2. The highest BCUT2D eigenvalue weighted by atomic mass is 35.5. The van der Waals surface area contributed by atoms with Crippen molar-refractivity contribution in [2.45, 2.75) is 12.3 Å². The first-order valence-electron chi connectivity index (χ1n) is 8.60. The highest BCUT2D eigenvalue weighted by Crippen LogP contribution is 2.44. The first kappa shape index (κ1) is 20.7. The fourth-order valence-electron chi connectivity index (χ4n) is 3.39. The van der Waals surface area contributed by atoms with Gasteiger partial charge in [-0.3, -0.25) is 4.31 Å². The highest BCUT2D eigenvalue weighted by molar-refractivity contribution is 7.92. The number of aromatic nitrogens is 3. The molecule has 0 fully saturated rings. The number of aryl methyl sites for hydroxylation is 1. The van der Waals surface area contributed by atoms with Gasteiger partial charge in [0.1, 0.15) is 11.6 Å². The van der Waals surface area contributed by atoms with Crippen LogP contribution in [-0.4, -0.2) is 29.9 Å². The van der Waals surface area contributed by atoms with Crippen molar-refractivity contribution in [3.05, 3.63) is 68.1 Å². The number of fused-ring (bicyclic) bond motifs is 1. The van der Waals surface area contributed by atoms with Gasteiger partial charge in [0, 0.05) is 12.6 Å². The number of halogens is 3. The van der Waals surface area contributed by atoms with Crippen molar-refractivity contribution in [1.82, 2.24) is 14.3 Å². The summed E-state index contributed by atoms with van der Waals surface area (Å²) in [6.45, 7) is -0.0280. The minimum atomic E-state index is -3.88. The summed E-state index contributed by atoms with van der Waals surface area (Å²) in [5.74, 6) is -0.795. The highest BCUT2D eigenvalue weighted by Gasteiger charge is 2.39. The van der Waals surface area contributed by atoms with Gasteiger partial charge in [-0.1, -0.05) is 23.7 Å². The normalized spacial score (nSPS) is 14.8. The molecular weight excluding hydrogens is 458 g/mol. The number of nitrogens with zero attached hydrogens (tertiary/aromatic N) is 4. The van der Waals surface area contributed by atoms with Gasteiger partial charge in [-0.05, 0) is 35.4 Å². The van der Waals surface area contributed by atoms with E-state index in [1.165, 1.54) is 14.2 Å². The minimum Gasteiger partial charge on any atom is -0.497 e. The van der Waals surface area contributed by atoms with E-state index in [0.29, 0.717) is 11.3 Å². The smallest absolute Gasteiger partial charge is 0.351 e. The molecule has 8 nitrogen and oxygen atoms in total. The van der Waals surface area contributed by atoms with Crippen molar-refractivity contribution in [2.24, 2.45) is 7.05 Å². The van der Waals surface area contributed by atoms with Crippen molar-refractivity contribution in [1.29, 1.82) is 0 Å². The molecule has 1 aliphatic rings. The summed E-state index contributed by atoms with van der Waals surface area (Å²) in [6, 6.07) is 7.80. The Morgan fingerprint density at radius 3 is 2.43 bits per heavy atom. The SMILES string of the molecule is COc1ccc(CN2c3c(Cl)cc(F)c(-n4c(Cl)nn(C)c4=O)c3CS2(=O)=O)cc1. The third-order valence-corrected chi connectivity index (χ3v) is 6.95. The molecule has 0 saturated carbocycles. The molecule has 4 rings (SSSR count). The van der Waals surface area contributed by atoms with Crippen molar-refractivity contribution in [2.75, 3.05) is 11.4 Å². The molecule has 0 radical (unpaired) electrons. The van der Waals surface area contributed by atoms with Gasteiger partial charge < -0.3 is 4.74 Å². The van der Waals surface area contributed by atoms with E-state index in [-0.39, 0.29) is 33.8 Å². The number of sulfonamides is 1. The quantitative estimate of drug-likeness (QED) is 0.582. The van der Waals surface area contributed by atoms with Gasteiger partial charge in [0.15, 0.2) is 0 Å². The predicted molar refractivity (Wildman–Crippen MR) is 111 cm³/mol. The van der Waals surface area contributed by atoms with Gasteiger partial charge in [0.2, 0.25) is 15.3 Å². The molecule has 3 aromatic rings. The Labute approximate surface area is 181 Å². The molecule has 0 bridgehead atoms. The lowest BCUT2D eigenvalue weighted by molar-refractivity contribution is 0.414. The van der Waals surface area contributed by atoms with Crippen LogP contribution in [0, 0.1) is 5.82 Å². The van der Waals surface area contributed by atoms with Crippen molar-refractivity contribution in [3.8, 4) is 11.4 Å². The van der Waals surface area contributed by atoms with Gasteiger partial charge in [0.25, 0.3) is 0 Å². The monoisotopic (exact) mass is 472 g/mol. The molecule has 0 saturated heterocycles. The van der Waals surface area contributed by atoms with E-state index in [1.807, 2.05) is 0 Å². The van der Waals surface area contributed by atoms with E-state index >= 15 is 0 Å². The van der Waals surface area contributed by atoms with Crippen LogP contribution in [0.4, 0.5) is 10.1 Å². The Kier molecular flexibility index (Phi) is 5.03. The maximum Gasteiger partial charge on any atom is 0.351 e. The fraction of sp³-hybridized carbons (Fsp3) is 0.222. The van der Waals surface area contributed by atoms with Crippen LogP contribution in [0.2, 0.25) is 10.3 Å². The molecule has 0 unspecified atom stereocenters. The summed E-state index contributed by atoms with van der Waals surface area (Å²) in [5, 5.41) is 3.39. The number of ether oxygens (including phenoxy) is 1. The summed E-state index contributed by atoms with van der Waals surface area (Å²) in [4.78, 5) is 12.4. The Bertz CT molecular complexity index is 1320. The molecule has 0 spiro atoms. The predicted octanol–water partition coefficient (Wildman–Crippen LogP) is 2.88. The van der Waals surface area contributed by atoms with Crippen molar-refractivity contribution >= 4 is 38.9 Å². The van der Waals surface area contributed by atoms with E-state index in [1.54, 1.807) is 24.3 Å². The Morgan fingerprint density at radius 2 is 1.87 bits per heavy atom. The molecule has 0 N–H and O–H groups in total. The summed E-state index contributed by atoms with van der Waals surface area (Å²) >= 11 is 12.3. The van der Waals surface area contributed by atoms with Crippen molar-refractivity contribution < 1.29 is 17.5 Å². The maximum atomic E-state index is 14.9. The summed E-state index contributed by atoms with van der Waals surface area (Å²) in [6.07, 6.45) is 0. The second kappa shape index (κ2) is 7.29. The minimum absolute atomic E-state index is 0.0280. The molecule has 2 heterocycles. The Balaban J connectivity index is 1.90. The Hall–Kier alpha value is -2.56. The first-order chi connectivity index (χ1) is 14.1. The molecule has 0 atom stereocenters. The van der Waals surface area contributed by atoms with Crippen LogP contribution >= 0.6 is 23.2 Å². The van der Waals surface area contributed by atoms with Crippen LogP contribution < -0.4 is 14.7 Å². The standard InChI is InChI=1S/C18H15Cl2FN4O4S/c1-23-18(26)25(17(20)22-23)16-12-9-30(27,28)24(15(12)13(19)7-14(16)21)8-10-3-5-11(29-2)6-4-10/h3-7H,8-9H2,1-2H3. The molecule has 1 aliphatic heterocycles. The molecule has 12 heteroatoms. The third-order valence-electron chi connectivity index (χ3n) is 4.78. The lowest BCUT2D eigenvalue weighted by Gasteiger charge is -2.20. The summed E-state index contributed by atoms with van der Waals surface area (Å²) < 4.78 is 48.8. The van der Waals surface area contributed by atoms with Gasteiger partial charge in [-0.15, -0.1) is 5.10 Å². The number of hydrogen-bond donors (Lipinski definition) is 0. The lowest BCUT2D eigenvalue weighted by atomic mass is 10.1. The molecule has 0 aliphatic carbocycles. The van der Waals surface area contributed by atoms with Crippen LogP contribution in [-0.2, 0) is 29.4 Å². The molecule has 0 amide bonds. The average molecular weight is 473 g/mol. The lowest BCUT2D eigenvalue weighted by Crippen LogP contribution is -2.26. The van der Waals surface area contributed by atoms with Crippen LogP contribution in [0.1, 0.15) is 11.1 Å².